The molecule has 1 aromatic heterocycles. The zero-order chi connectivity index (χ0) is 25.7. The number of allylic oxidation sites excluding steroid dienone is 2. The molecule has 0 aromatic carbocycles. The summed E-state index contributed by atoms with van der Waals surface area (Å²) in [5.41, 5.74) is 3.91. The molecule has 0 saturated carbocycles. The minimum absolute atomic E-state index is 0.153. The van der Waals surface area contributed by atoms with Crippen molar-refractivity contribution in [3.05, 3.63) is 46.7 Å². The van der Waals surface area contributed by atoms with Crippen LogP contribution in [0, 0.1) is 11.3 Å². The van der Waals surface area contributed by atoms with Crippen LogP contribution in [0.4, 0.5) is 5.82 Å². The number of esters is 1. The highest BCUT2D eigenvalue weighted by atomic mass is 16.5. The lowest BCUT2D eigenvalue weighted by atomic mass is 9.84. The predicted octanol–water partition coefficient (Wildman–Crippen LogP) is 2.78. The lowest BCUT2D eigenvalue weighted by Gasteiger charge is -2.37. The Kier molecular flexibility index (Phi) is 8.53. The Labute approximate surface area is 213 Å². The van der Waals surface area contributed by atoms with Crippen molar-refractivity contribution in [2.75, 3.05) is 44.3 Å². The number of nitrogens with one attached hydrogen (secondary N) is 1. The van der Waals surface area contributed by atoms with Crippen LogP contribution in [0.1, 0.15) is 56.7 Å². The number of anilines is 1. The van der Waals surface area contributed by atoms with Crippen molar-refractivity contribution in [1.29, 1.82) is 5.41 Å². The second-order valence-electron chi connectivity index (χ2n) is 10.1. The molecule has 3 N–H and O–H groups in total. The fourth-order valence-corrected chi connectivity index (χ4v) is 5.18. The SMILES string of the molecule is C/C(=C\C=C1\C(=O)OCCC1C)CCN1CCN(C(=O)C2CCCc3nc(N(N)C=N)ccc32)CC1. The van der Waals surface area contributed by atoms with Crippen LogP contribution in [0.15, 0.2) is 35.4 Å². The van der Waals surface area contributed by atoms with Gasteiger partial charge in [-0.25, -0.2) is 15.6 Å². The van der Waals surface area contributed by atoms with Crippen LogP contribution in [-0.2, 0) is 20.7 Å². The monoisotopic (exact) mass is 494 g/mol. The first kappa shape index (κ1) is 26.0. The fourth-order valence-electron chi connectivity index (χ4n) is 5.18. The number of carbonyl (C=O) groups is 2. The Morgan fingerprint density at radius 3 is 2.78 bits per heavy atom. The number of cyclic esters (lactones) is 1. The first-order valence-corrected chi connectivity index (χ1v) is 13.0. The van der Waals surface area contributed by atoms with E-state index < -0.39 is 0 Å². The second kappa shape index (κ2) is 11.8. The molecule has 4 rings (SSSR count). The molecule has 0 bridgehead atoms. The third-order valence-corrected chi connectivity index (χ3v) is 7.58. The Morgan fingerprint density at radius 2 is 2.06 bits per heavy atom. The van der Waals surface area contributed by atoms with Crippen molar-refractivity contribution in [3.8, 4) is 0 Å². The van der Waals surface area contributed by atoms with E-state index in [1.165, 1.54) is 10.6 Å². The normalized spacial score (nSPS) is 24.3. The molecule has 0 radical (unpaired) electrons. The average molecular weight is 495 g/mol. The van der Waals surface area contributed by atoms with E-state index in [-0.39, 0.29) is 23.7 Å². The van der Waals surface area contributed by atoms with Gasteiger partial charge in [-0.15, -0.1) is 0 Å². The van der Waals surface area contributed by atoms with Gasteiger partial charge in [-0.3, -0.25) is 20.1 Å². The number of nitrogens with two attached hydrogens (primary N) is 1. The van der Waals surface area contributed by atoms with Crippen molar-refractivity contribution < 1.29 is 14.3 Å². The summed E-state index contributed by atoms with van der Waals surface area (Å²) < 4.78 is 5.16. The van der Waals surface area contributed by atoms with Crippen molar-refractivity contribution in [3.63, 3.8) is 0 Å². The quantitative estimate of drug-likeness (QED) is 0.150. The first-order valence-electron chi connectivity index (χ1n) is 13.0. The molecule has 3 heterocycles. The van der Waals surface area contributed by atoms with Gasteiger partial charge in [0.2, 0.25) is 5.91 Å². The average Bonchev–Trinajstić information content (AvgIpc) is 2.90. The van der Waals surface area contributed by atoms with Gasteiger partial charge in [-0.1, -0.05) is 30.7 Å². The van der Waals surface area contributed by atoms with Gasteiger partial charge in [0.1, 0.15) is 12.2 Å². The molecule has 2 aliphatic heterocycles. The van der Waals surface area contributed by atoms with Gasteiger partial charge in [-0.2, -0.15) is 0 Å². The first-order chi connectivity index (χ1) is 17.4. The molecule has 2 fully saturated rings. The fraction of sp³-hybridized carbons (Fsp3) is 0.556. The van der Waals surface area contributed by atoms with Gasteiger partial charge in [0.05, 0.1) is 12.5 Å². The zero-order valence-corrected chi connectivity index (χ0v) is 21.4. The van der Waals surface area contributed by atoms with E-state index in [1.807, 2.05) is 23.1 Å². The van der Waals surface area contributed by atoms with Gasteiger partial charge in [0.25, 0.3) is 0 Å². The number of hydrogen-bond acceptors (Lipinski definition) is 7. The van der Waals surface area contributed by atoms with Crippen molar-refractivity contribution in [2.24, 2.45) is 11.8 Å². The summed E-state index contributed by atoms with van der Waals surface area (Å²) in [4.78, 5) is 34.4. The third kappa shape index (κ3) is 6.02. The Hall–Kier alpha value is -3.04. The summed E-state index contributed by atoms with van der Waals surface area (Å²) in [5, 5.41) is 8.51. The Bertz CT molecular complexity index is 1040. The number of piperazine rings is 1. The molecule has 2 saturated heterocycles. The molecule has 3 aliphatic rings. The van der Waals surface area contributed by atoms with Gasteiger partial charge < -0.3 is 9.64 Å². The van der Waals surface area contributed by atoms with E-state index in [1.54, 1.807) is 6.07 Å². The molecule has 9 nitrogen and oxygen atoms in total. The Balaban J connectivity index is 1.28. The maximum absolute atomic E-state index is 13.4. The van der Waals surface area contributed by atoms with Gasteiger partial charge in [0, 0.05) is 44.0 Å². The summed E-state index contributed by atoms with van der Waals surface area (Å²) in [6.45, 7) is 8.81. The van der Waals surface area contributed by atoms with E-state index in [4.69, 9.17) is 16.0 Å². The van der Waals surface area contributed by atoms with Crippen molar-refractivity contribution in [2.45, 2.75) is 51.9 Å². The van der Waals surface area contributed by atoms with Crippen LogP contribution in [0.5, 0.6) is 0 Å². The number of hydrogen-bond donors (Lipinski definition) is 2. The highest BCUT2D eigenvalue weighted by Gasteiger charge is 2.32. The molecule has 1 aliphatic carbocycles. The summed E-state index contributed by atoms with van der Waals surface area (Å²) in [7, 11) is 0. The number of rotatable bonds is 7. The Morgan fingerprint density at radius 1 is 1.28 bits per heavy atom. The van der Waals surface area contributed by atoms with E-state index in [2.05, 4.69) is 23.7 Å². The van der Waals surface area contributed by atoms with E-state index in [0.717, 1.165) is 88.0 Å². The number of hydrazine groups is 1. The molecule has 194 valence electrons. The van der Waals surface area contributed by atoms with E-state index in [0.29, 0.717) is 12.4 Å². The van der Waals surface area contributed by atoms with Crippen LogP contribution < -0.4 is 10.9 Å². The third-order valence-electron chi connectivity index (χ3n) is 7.58. The number of pyridine rings is 1. The summed E-state index contributed by atoms with van der Waals surface area (Å²) in [6.07, 6.45) is 9.41. The summed E-state index contributed by atoms with van der Waals surface area (Å²) >= 11 is 0. The number of amides is 1. The van der Waals surface area contributed by atoms with Crippen LogP contribution >= 0.6 is 0 Å². The van der Waals surface area contributed by atoms with E-state index in [9.17, 15) is 9.59 Å². The van der Waals surface area contributed by atoms with Gasteiger partial charge in [-0.05, 0) is 56.6 Å². The van der Waals surface area contributed by atoms with Gasteiger partial charge in [0.15, 0.2) is 0 Å². The summed E-state index contributed by atoms with van der Waals surface area (Å²) in [6, 6.07) is 3.74. The minimum Gasteiger partial charge on any atom is -0.462 e. The number of carbonyl (C=O) groups excluding carboxylic acids is 2. The molecule has 1 amide bonds. The van der Waals surface area contributed by atoms with Crippen LogP contribution in [0.25, 0.3) is 0 Å². The number of aromatic nitrogens is 1. The molecule has 2 unspecified atom stereocenters. The molecule has 2 atom stereocenters. The standard InChI is InChI=1S/C27H38N6O3/c1-19(6-7-21-20(2)11-17-36-27(21)35)10-12-31-13-15-32(16-14-31)26(34)23-4-3-5-24-22(23)8-9-25(30-24)33(29)18-28/h6-9,18,20,23,28H,3-5,10-17,29H2,1-2H3/b19-6+,21-7+,28-18?. The number of ether oxygens (including phenoxy) is 1. The van der Waals surface area contributed by atoms with Crippen LogP contribution in [0.2, 0.25) is 0 Å². The van der Waals surface area contributed by atoms with Crippen molar-refractivity contribution in [1.82, 2.24) is 14.8 Å². The molecular weight excluding hydrogens is 456 g/mol. The maximum atomic E-state index is 13.4. The van der Waals surface area contributed by atoms with E-state index >= 15 is 0 Å². The lowest BCUT2D eigenvalue weighted by Crippen LogP contribution is -2.50. The molecule has 0 spiro atoms. The molecule has 36 heavy (non-hydrogen) atoms. The van der Waals surface area contributed by atoms with Crippen LogP contribution in [0.3, 0.4) is 0 Å². The molecular formula is C27H38N6O3. The number of nitrogens with zero attached hydrogens (tertiary/aromatic N) is 4. The number of aryl methyl sites for hydroxylation is 1. The van der Waals surface area contributed by atoms with Crippen molar-refractivity contribution >= 4 is 24.0 Å². The van der Waals surface area contributed by atoms with Gasteiger partial charge >= 0.3 is 5.97 Å². The lowest BCUT2D eigenvalue weighted by molar-refractivity contribution is -0.142. The minimum atomic E-state index is -0.192. The van der Waals surface area contributed by atoms with Crippen LogP contribution in [-0.4, -0.2) is 72.3 Å². The molecule has 9 heteroatoms. The smallest absolute Gasteiger partial charge is 0.334 e. The highest BCUT2D eigenvalue weighted by molar-refractivity contribution is 5.90. The maximum Gasteiger partial charge on any atom is 0.334 e. The topological polar surface area (TPSA) is 116 Å². The zero-order valence-electron chi connectivity index (χ0n) is 21.4. The predicted molar refractivity (Wildman–Crippen MR) is 140 cm³/mol. The highest BCUT2D eigenvalue weighted by Crippen LogP contribution is 2.33. The number of fused-ring (bicyclic) bond motifs is 1. The summed E-state index contributed by atoms with van der Waals surface area (Å²) in [5.74, 6) is 6.40. The largest absolute Gasteiger partial charge is 0.462 e. The molecule has 1 aromatic rings. The second-order valence-corrected chi connectivity index (χ2v) is 10.1.